The topological polar surface area (TPSA) is 71.0 Å². The Kier molecular flexibility index (Phi) is 4.74. The summed E-state index contributed by atoms with van der Waals surface area (Å²) in [7, 11) is 0. The van der Waals surface area contributed by atoms with Crippen molar-refractivity contribution in [1.29, 1.82) is 0 Å². The summed E-state index contributed by atoms with van der Waals surface area (Å²) in [6, 6.07) is 2.08. The standard InChI is InChI=1S/C15H19N5OS/c1-11(21)18-9-12-4-5-17-15(19-12)13-3-2-7-20(13)10-14-16-6-8-22-14/h4-6,8,13H,2-3,7,9-10H2,1H3,(H,18,21)/t13-/m1/s1. The highest BCUT2D eigenvalue weighted by molar-refractivity contribution is 7.09. The molecule has 0 aliphatic carbocycles. The fraction of sp³-hybridized carbons (Fsp3) is 0.467. The molecule has 0 unspecified atom stereocenters. The molecule has 7 heteroatoms. The van der Waals surface area contributed by atoms with Gasteiger partial charge in [-0.05, 0) is 25.5 Å². The average molecular weight is 317 g/mol. The van der Waals surface area contributed by atoms with Crippen LogP contribution in [0.25, 0.3) is 0 Å². The molecule has 22 heavy (non-hydrogen) atoms. The summed E-state index contributed by atoms with van der Waals surface area (Å²) in [5.41, 5.74) is 0.848. The molecule has 1 amide bonds. The van der Waals surface area contributed by atoms with E-state index in [4.69, 9.17) is 0 Å². The Bertz CT molecular complexity index is 631. The SMILES string of the molecule is CC(=O)NCc1ccnc([C@H]2CCCN2Cc2nccs2)n1. The number of hydrogen-bond donors (Lipinski definition) is 1. The van der Waals surface area contributed by atoms with E-state index in [1.54, 1.807) is 17.5 Å². The molecule has 1 atom stereocenters. The van der Waals surface area contributed by atoms with Gasteiger partial charge in [0.15, 0.2) is 0 Å². The van der Waals surface area contributed by atoms with Crippen LogP contribution in [0.2, 0.25) is 0 Å². The second-order valence-electron chi connectivity index (χ2n) is 5.37. The van der Waals surface area contributed by atoms with Gasteiger partial charge in [0.25, 0.3) is 0 Å². The van der Waals surface area contributed by atoms with Gasteiger partial charge >= 0.3 is 0 Å². The molecule has 116 valence electrons. The van der Waals surface area contributed by atoms with E-state index in [1.165, 1.54) is 6.92 Å². The molecule has 0 aromatic carbocycles. The van der Waals surface area contributed by atoms with Crippen LogP contribution in [0.5, 0.6) is 0 Å². The van der Waals surface area contributed by atoms with E-state index >= 15 is 0 Å². The predicted molar refractivity (Wildman–Crippen MR) is 84.1 cm³/mol. The van der Waals surface area contributed by atoms with E-state index in [1.807, 2.05) is 17.6 Å². The van der Waals surface area contributed by atoms with E-state index in [9.17, 15) is 4.79 Å². The first-order chi connectivity index (χ1) is 10.7. The lowest BCUT2D eigenvalue weighted by Crippen LogP contribution is -2.25. The van der Waals surface area contributed by atoms with E-state index < -0.39 is 0 Å². The first-order valence-corrected chi connectivity index (χ1v) is 8.29. The van der Waals surface area contributed by atoms with Crippen molar-refractivity contribution < 1.29 is 4.79 Å². The van der Waals surface area contributed by atoms with Crippen molar-refractivity contribution >= 4 is 17.2 Å². The number of nitrogens with one attached hydrogen (secondary N) is 1. The number of nitrogens with zero attached hydrogens (tertiary/aromatic N) is 4. The number of aromatic nitrogens is 3. The number of rotatable bonds is 5. The Hall–Kier alpha value is -1.86. The average Bonchev–Trinajstić information content (AvgIpc) is 3.18. The molecule has 0 bridgehead atoms. The van der Waals surface area contributed by atoms with Crippen molar-refractivity contribution in [3.8, 4) is 0 Å². The Morgan fingerprint density at radius 2 is 2.36 bits per heavy atom. The summed E-state index contributed by atoms with van der Waals surface area (Å²) in [6.45, 7) is 3.85. The van der Waals surface area contributed by atoms with Crippen LogP contribution in [-0.4, -0.2) is 32.3 Å². The molecule has 0 saturated carbocycles. The lowest BCUT2D eigenvalue weighted by atomic mass is 10.2. The third-order valence-electron chi connectivity index (χ3n) is 3.73. The Morgan fingerprint density at radius 3 is 3.14 bits per heavy atom. The second kappa shape index (κ2) is 6.93. The Morgan fingerprint density at radius 1 is 1.45 bits per heavy atom. The largest absolute Gasteiger partial charge is 0.351 e. The smallest absolute Gasteiger partial charge is 0.217 e. The zero-order valence-electron chi connectivity index (χ0n) is 12.5. The van der Waals surface area contributed by atoms with Gasteiger partial charge in [-0.25, -0.2) is 15.0 Å². The summed E-state index contributed by atoms with van der Waals surface area (Å²) >= 11 is 1.68. The minimum atomic E-state index is -0.0496. The Balaban J connectivity index is 1.71. The molecule has 1 fully saturated rings. The molecule has 0 spiro atoms. The summed E-state index contributed by atoms with van der Waals surface area (Å²) in [6.07, 6.45) is 5.83. The fourth-order valence-electron chi connectivity index (χ4n) is 2.70. The molecular formula is C15H19N5OS. The lowest BCUT2D eigenvalue weighted by Gasteiger charge is -2.22. The van der Waals surface area contributed by atoms with Crippen LogP contribution in [0.15, 0.2) is 23.8 Å². The maximum atomic E-state index is 11.0. The van der Waals surface area contributed by atoms with Crippen LogP contribution in [0.3, 0.4) is 0 Å². The van der Waals surface area contributed by atoms with Gasteiger partial charge in [0, 0.05) is 24.7 Å². The van der Waals surface area contributed by atoms with Crippen molar-refractivity contribution in [2.24, 2.45) is 0 Å². The number of carbonyl (C=O) groups is 1. The molecule has 0 radical (unpaired) electrons. The van der Waals surface area contributed by atoms with Crippen molar-refractivity contribution in [1.82, 2.24) is 25.2 Å². The van der Waals surface area contributed by atoms with E-state index in [2.05, 4.69) is 25.2 Å². The summed E-state index contributed by atoms with van der Waals surface area (Å²) in [5.74, 6) is 0.795. The summed E-state index contributed by atoms with van der Waals surface area (Å²) < 4.78 is 0. The molecule has 3 rings (SSSR count). The van der Waals surface area contributed by atoms with E-state index in [0.29, 0.717) is 6.54 Å². The minimum Gasteiger partial charge on any atom is -0.351 e. The van der Waals surface area contributed by atoms with Gasteiger partial charge in [-0.1, -0.05) is 0 Å². The van der Waals surface area contributed by atoms with Crippen molar-refractivity contribution in [2.75, 3.05) is 6.54 Å². The number of amides is 1. The molecule has 1 N–H and O–H groups in total. The van der Waals surface area contributed by atoms with E-state index in [-0.39, 0.29) is 11.9 Å². The van der Waals surface area contributed by atoms with Crippen LogP contribution in [0, 0.1) is 0 Å². The fourth-order valence-corrected chi connectivity index (χ4v) is 3.34. The molecule has 2 aromatic heterocycles. The first kappa shape index (κ1) is 15.1. The highest BCUT2D eigenvalue weighted by atomic mass is 32.1. The highest BCUT2D eigenvalue weighted by Crippen LogP contribution is 2.31. The van der Waals surface area contributed by atoms with Crippen LogP contribution >= 0.6 is 11.3 Å². The predicted octanol–water partition coefficient (Wildman–Crippen LogP) is 1.91. The van der Waals surface area contributed by atoms with Crippen molar-refractivity contribution in [3.63, 3.8) is 0 Å². The van der Waals surface area contributed by atoms with Crippen molar-refractivity contribution in [2.45, 2.75) is 38.9 Å². The third kappa shape index (κ3) is 3.66. The van der Waals surface area contributed by atoms with Crippen LogP contribution in [-0.2, 0) is 17.9 Å². The van der Waals surface area contributed by atoms with E-state index in [0.717, 1.165) is 42.5 Å². The highest BCUT2D eigenvalue weighted by Gasteiger charge is 2.28. The first-order valence-electron chi connectivity index (χ1n) is 7.41. The molecule has 2 aromatic rings. The summed E-state index contributed by atoms with van der Waals surface area (Å²) in [5, 5.41) is 5.91. The second-order valence-corrected chi connectivity index (χ2v) is 6.35. The maximum absolute atomic E-state index is 11.0. The van der Waals surface area contributed by atoms with Crippen LogP contribution in [0.4, 0.5) is 0 Å². The van der Waals surface area contributed by atoms with Crippen LogP contribution < -0.4 is 5.32 Å². The number of likely N-dealkylation sites (tertiary alicyclic amines) is 1. The normalized spacial score (nSPS) is 18.5. The molecule has 1 aliphatic heterocycles. The number of thiazole rings is 1. The van der Waals surface area contributed by atoms with Gasteiger partial charge < -0.3 is 5.32 Å². The van der Waals surface area contributed by atoms with Gasteiger partial charge in [-0.15, -0.1) is 11.3 Å². The van der Waals surface area contributed by atoms with Crippen molar-refractivity contribution in [3.05, 3.63) is 40.4 Å². The minimum absolute atomic E-state index is 0.0496. The molecule has 6 nitrogen and oxygen atoms in total. The zero-order valence-corrected chi connectivity index (χ0v) is 13.3. The molecule has 1 aliphatic rings. The van der Waals surface area contributed by atoms with Crippen LogP contribution in [0.1, 0.15) is 42.3 Å². The van der Waals surface area contributed by atoms with Gasteiger partial charge in [0.05, 0.1) is 24.8 Å². The molecular weight excluding hydrogens is 298 g/mol. The third-order valence-corrected chi connectivity index (χ3v) is 4.50. The lowest BCUT2D eigenvalue weighted by molar-refractivity contribution is -0.119. The molecule has 1 saturated heterocycles. The molecule has 3 heterocycles. The van der Waals surface area contributed by atoms with Gasteiger partial charge in [-0.2, -0.15) is 0 Å². The number of carbonyl (C=O) groups excluding carboxylic acids is 1. The zero-order chi connectivity index (χ0) is 15.4. The quantitative estimate of drug-likeness (QED) is 0.912. The van der Waals surface area contributed by atoms with Gasteiger partial charge in [0.1, 0.15) is 10.8 Å². The Labute approximate surface area is 133 Å². The summed E-state index contributed by atoms with van der Waals surface area (Å²) in [4.78, 5) is 26.8. The van der Waals surface area contributed by atoms with Gasteiger partial charge in [-0.3, -0.25) is 9.69 Å². The monoisotopic (exact) mass is 317 g/mol. The van der Waals surface area contributed by atoms with Gasteiger partial charge in [0.2, 0.25) is 5.91 Å². The number of hydrogen-bond acceptors (Lipinski definition) is 6. The maximum Gasteiger partial charge on any atom is 0.217 e.